The Morgan fingerprint density at radius 2 is 2.00 bits per heavy atom. The highest BCUT2D eigenvalue weighted by Gasteiger charge is 2.54. The summed E-state index contributed by atoms with van der Waals surface area (Å²) >= 11 is 0. The Hall–Kier alpha value is -1.51. The molecule has 3 atom stereocenters. The van der Waals surface area contributed by atoms with Gasteiger partial charge in [-0.2, -0.15) is 0 Å². The number of nitrogens with zero attached hydrogens (tertiary/aromatic N) is 1. The summed E-state index contributed by atoms with van der Waals surface area (Å²) in [4.78, 5) is 14.3. The summed E-state index contributed by atoms with van der Waals surface area (Å²) in [6.45, 7) is 6.65. The summed E-state index contributed by atoms with van der Waals surface area (Å²) in [5.41, 5.74) is 0.889. The maximum Gasteiger partial charge on any atom is 0.410 e. The van der Waals surface area contributed by atoms with Crippen LogP contribution in [0.2, 0.25) is 0 Å². The van der Waals surface area contributed by atoms with Gasteiger partial charge in [0.1, 0.15) is 5.60 Å². The van der Waals surface area contributed by atoms with Crippen molar-refractivity contribution in [2.75, 3.05) is 6.54 Å². The number of benzene rings is 1. The van der Waals surface area contributed by atoms with Gasteiger partial charge >= 0.3 is 6.09 Å². The van der Waals surface area contributed by atoms with E-state index in [-0.39, 0.29) is 6.09 Å². The van der Waals surface area contributed by atoms with E-state index in [0.717, 1.165) is 13.0 Å². The fourth-order valence-electron chi connectivity index (χ4n) is 3.22. The second-order valence-electron chi connectivity index (χ2n) is 7.05. The molecule has 3 rings (SSSR count). The van der Waals surface area contributed by atoms with Crippen LogP contribution in [0.25, 0.3) is 0 Å². The average molecular weight is 273 g/mol. The van der Waals surface area contributed by atoms with Gasteiger partial charge < -0.3 is 9.64 Å². The highest BCUT2D eigenvalue weighted by Crippen LogP contribution is 2.50. The summed E-state index contributed by atoms with van der Waals surface area (Å²) in [5, 5.41) is 0. The normalized spacial score (nSPS) is 28.1. The van der Waals surface area contributed by atoms with E-state index in [9.17, 15) is 4.79 Å². The summed E-state index contributed by atoms with van der Waals surface area (Å²) < 4.78 is 5.55. The Morgan fingerprint density at radius 3 is 2.65 bits per heavy atom. The van der Waals surface area contributed by atoms with Crippen molar-refractivity contribution in [1.82, 2.24) is 4.90 Å². The number of rotatable bonds is 2. The summed E-state index contributed by atoms with van der Waals surface area (Å²) in [6.07, 6.45) is 2.07. The number of amides is 1. The van der Waals surface area contributed by atoms with Gasteiger partial charge in [0.2, 0.25) is 0 Å². The van der Waals surface area contributed by atoms with Gasteiger partial charge in [0, 0.05) is 12.6 Å². The number of carbonyl (C=O) groups excluding carboxylic acids is 1. The van der Waals surface area contributed by atoms with E-state index in [1.807, 2.05) is 31.7 Å². The quantitative estimate of drug-likeness (QED) is 0.825. The van der Waals surface area contributed by atoms with Gasteiger partial charge in [-0.1, -0.05) is 30.3 Å². The number of hydrogen-bond acceptors (Lipinski definition) is 2. The number of ether oxygens (including phenoxy) is 1. The van der Waals surface area contributed by atoms with Crippen molar-refractivity contribution in [1.29, 1.82) is 0 Å². The standard InChI is InChI=1S/C17H23NO2/c1-17(2,3)20-16(19)18-11-13-10-14(13)15(18)9-12-7-5-4-6-8-12/h4-8,13-15H,9-11H2,1-3H3/t13-,14-,15-/m0/s1. The van der Waals surface area contributed by atoms with Crippen molar-refractivity contribution in [3.63, 3.8) is 0 Å². The van der Waals surface area contributed by atoms with Crippen molar-refractivity contribution in [3.05, 3.63) is 35.9 Å². The topological polar surface area (TPSA) is 29.5 Å². The molecule has 0 bridgehead atoms. The first-order valence-corrected chi connectivity index (χ1v) is 7.47. The molecule has 1 aliphatic heterocycles. The summed E-state index contributed by atoms with van der Waals surface area (Å²) in [6, 6.07) is 10.8. The van der Waals surface area contributed by atoms with E-state index in [1.54, 1.807) is 0 Å². The largest absolute Gasteiger partial charge is 0.444 e. The molecule has 108 valence electrons. The van der Waals surface area contributed by atoms with Crippen molar-refractivity contribution >= 4 is 6.09 Å². The molecule has 2 aliphatic rings. The van der Waals surface area contributed by atoms with E-state index in [4.69, 9.17) is 4.74 Å². The lowest BCUT2D eigenvalue weighted by molar-refractivity contribution is 0.0193. The second kappa shape index (κ2) is 4.80. The summed E-state index contributed by atoms with van der Waals surface area (Å²) in [5.74, 6) is 1.39. The van der Waals surface area contributed by atoms with Gasteiger partial charge in [-0.25, -0.2) is 4.79 Å². The molecule has 20 heavy (non-hydrogen) atoms. The van der Waals surface area contributed by atoms with Crippen LogP contribution in [0, 0.1) is 11.8 Å². The van der Waals surface area contributed by atoms with Crippen LogP contribution in [0.3, 0.4) is 0 Å². The third-order valence-electron chi connectivity index (χ3n) is 4.22. The second-order valence-corrected chi connectivity index (χ2v) is 7.05. The molecule has 1 saturated carbocycles. The van der Waals surface area contributed by atoms with Crippen molar-refractivity contribution in [2.45, 2.75) is 45.3 Å². The molecule has 0 spiro atoms. The van der Waals surface area contributed by atoms with Crippen molar-refractivity contribution in [2.24, 2.45) is 11.8 Å². The first-order chi connectivity index (χ1) is 9.44. The van der Waals surface area contributed by atoms with E-state index >= 15 is 0 Å². The minimum absolute atomic E-state index is 0.148. The van der Waals surface area contributed by atoms with Crippen LogP contribution in [0.5, 0.6) is 0 Å². The van der Waals surface area contributed by atoms with Crippen LogP contribution in [0.15, 0.2) is 30.3 Å². The van der Waals surface area contributed by atoms with Crippen LogP contribution < -0.4 is 0 Å². The first kappa shape index (κ1) is 13.5. The first-order valence-electron chi connectivity index (χ1n) is 7.47. The lowest BCUT2D eigenvalue weighted by atomic mass is 10.0. The molecule has 0 unspecified atom stereocenters. The highest BCUT2D eigenvalue weighted by molar-refractivity contribution is 5.69. The number of carbonyl (C=O) groups is 1. The zero-order valence-electron chi connectivity index (χ0n) is 12.5. The fraction of sp³-hybridized carbons (Fsp3) is 0.588. The zero-order chi connectivity index (χ0) is 14.3. The molecule has 0 radical (unpaired) electrons. The predicted octanol–water partition coefficient (Wildman–Crippen LogP) is 3.48. The number of likely N-dealkylation sites (tertiary alicyclic amines) is 1. The SMILES string of the molecule is CC(C)(C)OC(=O)N1C[C@@H]2C[C@@H]2[C@@H]1Cc1ccccc1. The maximum atomic E-state index is 12.3. The number of fused-ring (bicyclic) bond motifs is 1. The van der Waals surface area contributed by atoms with Crippen LogP contribution in [0.1, 0.15) is 32.8 Å². The van der Waals surface area contributed by atoms with E-state index < -0.39 is 5.60 Å². The fourth-order valence-corrected chi connectivity index (χ4v) is 3.22. The van der Waals surface area contributed by atoms with Crippen LogP contribution in [-0.4, -0.2) is 29.2 Å². The third kappa shape index (κ3) is 2.82. The minimum Gasteiger partial charge on any atom is -0.444 e. The van der Waals surface area contributed by atoms with Crippen LogP contribution >= 0.6 is 0 Å². The van der Waals surface area contributed by atoms with Crippen LogP contribution in [0.4, 0.5) is 4.79 Å². The van der Waals surface area contributed by atoms with E-state index in [0.29, 0.717) is 17.9 Å². The molecule has 1 aromatic carbocycles. The maximum absolute atomic E-state index is 12.3. The minimum atomic E-state index is -0.416. The van der Waals surface area contributed by atoms with Crippen LogP contribution in [-0.2, 0) is 11.2 Å². The molecule has 1 aliphatic carbocycles. The molecular weight excluding hydrogens is 250 g/mol. The smallest absolute Gasteiger partial charge is 0.410 e. The van der Waals surface area contributed by atoms with Gasteiger partial charge in [0.15, 0.2) is 0 Å². The van der Waals surface area contributed by atoms with E-state index in [2.05, 4.69) is 24.3 Å². The van der Waals surface area contributed by atoms with Gasteiger partial charge in [0.05, 0.1) is 0 Å². The number of hydrogen-bond donors (Lipinski definition) is 0. The van der Waals surface area contributed by atoms with Gasteiger partial charge in [-0.15, -0.1) is 0 Å². The molecule has 1 saturated heterocycles. The zero-order valence-corrected chi connectivity index (χ0v) is 12.5. The van der Waals surface area contributed by atoms with Gasteiger partial charge in [-0.3, -0.25) is 0 Å². The number of piperidine rings is 1. The Balaban J connectivity index is 1.70. The highest BCUT2D eigenvalue weighted by atomic mass is 16.6. The molecule has 1 heterocycles. The molecule has 3 heteroatoms. The van der Waals surface area contributed by atoms with Gasteiger partial charge in [-0.05, 0) is 51.0 Å². The molecule has 3 nitrogen and oxygen atoms in total. The Labute approximate surface area is 120 Å². The molecule has 0 N–H and O–H groups in total. The molecule has 0 aromatic heterocycles. The monoisotopic (exact) mass is 273 g/mol. The Kier molecular flexibility index (Phi) is 3.23. The molecule has 1 aromatic rings. The lowest BCUT2D eigenvalue weighted by Crippen LogP contribution is -2.42. The molecule has 2 fully saturated rings. The molecule has 1 amide bonds. The predicted molar refractivity (Wildman–Crippen MR) is 78.5 cm³/mol. The summed E-state index contributed by atoms with van der Waals surface area (Å²) in [7, 11) is 0. The Bertz CT molecular complexity index is 491. The average Bonchev–Trinajstić information content (AvgIpc) is 3.05. The Morgan fingerprint density at radius 1 is 1.30 bits per heavy atom. The van der Waals surface area contributed by atoms with Crippen molar-refractivity contribution in [3.8, 4) is 0 Å². The van der Waals surface area contributed by atoms with E-state index in [1.165, 1.54) is 12.0 Å². The van der Waals surface area contributed by atoms with Gasteiger partial charge in [0.25, 0.3) is 0 Å². The third-order valence-corrected chi connectivity index (χ3v) is 4.22. The molecular formula is C17H23NO2. The van der Waals surface area contributed by atoms with Crippen molar-refractivity contribution < 1.29 is 9.53 Å². The lowest BCUT2D eigenvalue weighted by Gasteiger charge is -2.30.